The smallest absolute Gasteiger partial charge is 0.377 e. The second kappa shape index (κ2) is 15.2. The van der Waals surface area contributed by atoms with Crippen molar-refractivity contribution in [3.05, 3.63) is 71.8 Å². The van der Waals surface area contributed by atoms with Gasteiger partial charge in [0, 0.05) is 18.2 Å². The molecule has 1 aliphatic rings. The van der Waals surface area contributed by atoms with E-state index in [0.717, 1.165) is 29.7 Å². The summed E-state index contributed by atoms with van der Waals surface area (Å²) in [6.45, 7) is 0.766. The Balaban J connectivity index is 1.45. The van der Waals surface area contributed by atoms with Crippen molar-refractivity contribution in [2.75, 3.05) is 27.7 Å². The quantitative estimate of drug-likeness (QED) is 0.101. The molecule has 0 spiro atoms. The van der Waals surface area contributed by atoms with E-state index >= 15 is 0 Å². The number of methoxy groups -OCH3 is 1. The Morgan fingerprint density at radius 2 is 1.73 bits per heavy atom. The number of hydrazine groups is 1. The number of aliphatic hydroxyl groups excluding tert-OH is 1. The first kappa shape index (κ1) is 32.4. The van der Waals surface area contributed by atoms with Crippen LogP contribution in [0.25, 0.3) is 0 Å². The molecule has 0 bridgehead atoms. The Hall–Kier alpha value is -2.14. The minimum absolute atomic E-state index is 0.0131. The Bertz CT molecular complexity index is 1260. The van der Waals surface area contributed by atoms with Crippen LogP contribution in [0.15, 0.2) is 65.8 Å². The van der Waals surface area contributed by atoms with E-state index in [0.29, 0.717) is 11.7 Å². The van der Waals surface area contributed by atoms with Crippen LogP contribution >= 0.6 is 22.8 Å². The molecule has 16 heteroatoms. The average Bonchev–Trinajstić information content (AvgIpc) is 2.95. The van der Waals surface area contributed by atoms with Gasteiger partial charge in [0.05, 0.1) is 26.4 Å². The summed E-state index contributed by atoms with van der Waals surface area (Å²) >= 11 is 5.52. The first-order chi connectivity index (χ1) is 19.0. The molecule has 12 nitrogen and oxygen atoms in total. The van der Waals surface area contributed by atoms with Crippen molar-refractivity contribution in [1.29, 1.82) is 0 Å². The number of nitrogens with one attached hydrogen (secondary N) is 1. The average molecular weight is 631 g/mol. The summed E-state index contributed by atoms with van der Waals surface area (Å²) in [5.74, 6) is -0.729. The molecule has 4 N–H and O–H groups in total. The van der Waals surface area contributed by atoms with Gasteiger partial charge in [-0.25, -0.2) is 9.95 Å². The summed E-state index contributed by atoms with van der Waals surface area (Å²) in [5.41, 5.74) is 4.07. The Morgan fingerprint density at radius 3 is 2.30 bits per heavy atom. The maximum absolute atomic E-state index is 12.4. The Morgan fingerprint density at radius 1 is 1.10 bits per heavy atom. The van der Waals surface area contributed by atoms with E-state index in [4.69, 9.17) is 35.4 Å². The van der Waals surface area contributed by atoms with Gasteiger partial charge in [0.2, 0.25) is 11.8 Å². The number of hydrazone groups is 1. The van der Waals surface area contributed by atoms with Crippen molar-refractivity contribution in [2.24, 2.45) is 11.0 Å². The van der Waals surface area contributed by atoms with Crippen LogP contribution in [-0.4, -0.2) is 64.5 Å². The second-order valence-corrected chi connectivity index (χ2v) is 14.0. The van der Waals surface area contributed by atoms with Crippen molar-refractivity contribution in [3.8, 4) is 11.5 Å². The molecule has 0 aromatic heterocycles. The Labute approximate surface area is 240 Å². The van der Waals surface area contributed by atoms with Gasteiger partial charge in [-0.3, -0.25) is 9.09 Å². The molecule has 5 atom stereocenters. The highest BCUT2D eigenvalue weighted by Crippen LogP contribution is 2.50. The lowest BCUT2D eigenvalue weighted by molar-refractivity contribution is 0.121. The summed E-state index contributed by atoms with van der Waals surface area (Å²) in [7, 11) is -3.34. The van der Waals surface area contributed by atoms with Crippen molar-refractivity contribution in [3.63, 3.8) is 0 Å². The maximum Gasteiger partial charge on any atom is 0.714 e. The van der Waals surface area contributed by atoms with E-state index in [1.54, 1.807) is 31.4 Å². The van der Waals surface area contributed by atoms with Crippen molar-refractivity contribution in [1.82, 2.24) is 15.0 Å². The topological polar surface area (TPSA) is 153 Å². The van der Waals surface area contributed by atoms with Gasteiger partial charge in [0.1, 0.15) is 0 Å². The van der Waals surface area contributed by atoms with E-state index in [1.807, 2.05) is 11.8 Å². The zero-order valence-corrected chi connectivity index (χ0v) is 25.7. The molecule has 0 saturated heterocycles. The van der Waals surface area contributed by atoms with Gasteiger partial charge < -0.3 is 19.6 Å². The zero-order valence-electron chi connectivity index (χ0n) is 22.2. The van der Waals surface area contributed by atoms with E-state index in [1.165, 1.54) is 37.5 Å². The van der Waals surface area contributed by atoms with Gasteiger partial charge in [-0.1, -0.05) is 24.3 Å². The minimum atomic E-state index is -4.69. The lowest BCUT2D eigenvalue weighted by Gasteiger charge is -2.22. The van der Waals surface area contributed by atoms with E-state index < -0.39 is 28.7 Å². The van der Waals surface area contributed by atoms with Gasteiger partial charge >= 0.3 is 22.8 Å². The second-order valence-electron chi connectivity index (χ2n) is 8.88. The van der Waals surface area contributed by atoms with E-state index in [-0.39, 0.29) is 17.4 Å². The van der Waals surface area contributed by atoms with Gasteiger partial charge in [-0.15, -0.1) is 5.10 Å². The largest absolute Gasteiger partial charge is 0.714 e. The van der Waals surface area contributed by atoms with Crippen molar-refractivity contribution >= 4 is 40.9 Å². The number of benzene rings is 2. The van der Waals surface area contributed by atoms with Crippen LogP contribution in [0.3, 0.4) is 0 Å². The third-order valence-electron chi connectivity index (χ3n) is 5.90. The van der Waals surface area contributed by atoms with Gasteiger partial charge in [0.15, 0.2) is 17.3 Å². The lowest BCUT2D eigenvalue weighted by atomic mass is 9.94. The molecule has 0 heterocycles. The third-order valence-corrected chi connectivity index (χ3v) is 9.74. The SMILES string of the molecule is COC1C=CC(CNN(C)[P+](=S)Oc2ccc(/C=N/N(C)[P+](=O)Oc3ccc(C(O)P(=O)(O)O)cc3)cc2)CC1. The standard InChI is InChI=1S/C24H31N4O8P3S/c1-27(37(30)35-22-14-8-20(9-15-22)24(29)39(31,32)33)25-16-19-6-12-23(13-7-19)36-38(40)28(2)26-17-18-4-10-21(34-3)11-5-18/h4,6-10,12-16,18,21,24,26,29H,5,11,17H2,1-3H3/p+2/b25-16+. The zero-order chi connectivity index (χ0) is 29.3. The Kier molecular flexibility index (Phi) is 12.3. The fourth-order valence-electron chi connectivity index (χ4n) is 3.53. The number of aliphatic hydroxyl groups is 1. The van der Waals surface area contributed by atoms with Crippen molar-refractivity contribution < 1.29 is 37.8 Å². The summed E-state index contributed by atoms with van der Waals surface area (Å²) in [5, 5.41) is 13.8. The van der Waals surface area contributed by atoms with Crippen LogP contribution in [0.1, 0.15) is 29.8 Å². The number of nitrogens with zero attached hydrogens (tertiary/aromatic N) is 3. The normalized spacial score (nSPS) is 19.0. The summed E-state index contributed by atoms with van der Waals surface area (Å²) in [6, 6.07) is 12.4. The maximum atomic E-state index is 12.4. The monoisotopic (exact) mass is 630 g/mol. The van der Waals surface area contributed by atoms with Crippen LogP contribution in [0.4, 0.5) is 0 Å². The first-order valence-corrected chi connectivity index (χ1v) is 17.2. The predicted molar refractivity (Wildman–Crippen MR) is 157 cm³/mol. The molecule has 0 amide bonds. The number of rotatable bonds is 14. The first-order valence-electron chi connectivity index (χ1n) is 12.2. The highest BCUT2D eigenvalue weighted by Gasteiger charge is 2.30. The summed E-state index contributed by atoms with van der Waals surface area (Å²) in [6.07, 6.45) is 8.03. The van der Waals surface area contributed by atoms with Crippen LogP contribution in [0.2, 0.25) is 0 Å². The van der Waals surface area contributed by atoms with Crippen LogP contribution in [-0.2, 0) is 25.7 Å². The number of hydrogen-bond acceptors (Lipinski definition) is 9. The molecule has 2 aromatic rings. The third kappa shape index (κ3) is 10.0. The molecular weight excluding hydrogens is 597 g/mol. The number of hydrogen-bond donors (Lipinski definition) is 4. The molecule has 5 unspecified atom stereocenters. The molecule has 1 aliphatic carbocycles. The summed E-state index contributed by atoms with van der Waals surface area (Å²) in [4.78, 5) is 18.1. The molecule has 3 rings (SSSR count). The number of ether oxygens (including phenoxy) is 1. The predicted octanol–water partition coefficient (Wildman–Crippen LogP) is 4.43. The lowest BCUT2D eigenvalue weighted by Crippen LogP contribution is -2.34. The fraction of sp³-hybridized carbons (Fsp3) is 0.375. The molecule has 0 fully saturated rings. The molecule has 2 aromatic carbocycles. The minimum Gasteiger partial charge on any atom is -0.377 e. The highest BCUT2D eigenvalue weighted by atomic mass is 32.4. The molecule has 0 aliphatic heterocycles. The molecular formula is C24H33N4O8P3S+2. The molecule has 0 radical (unpaired) electrons. The van der Waals surface area contributed by atoms with Crippen LogP contribution < -0.4 is 14.5 Å². The molecule has 0 saturated carbocycles. The van der Waals surface area contributed by atoms with Gasteiger partial charge in [0.25, 0.3) is 0 Å². The van der Waals surface area contributed by atoms with Gasteiger partial charge in [-0.2, -0.15) is 0 Å². The van der Waals surface area contributed by atoms with Crippen LogP contribution in [0, 0.1) is 5.92 Å². The van der Waals surface area contributed by atoms with Crippen LogP contribution in [0.5, 0.6) is 11.5 Å². The fourth-order valence-corrected chi connectivity index (χ4v) is 5.70. The molecule has 216 valence electrons. The summed E-state index contributed by atoms with van der Waals surface area (Å²) < 4.78 is 43.2. The van der Waals surface area contributed by atoms with E-state index in [2.05, 4.69) is 22.7 Å². The molecule has 40 heavy (non-hydrogen) atoms. The van der Waals surface area contributed by atoms with Gasteiger partial charge in [-0.05, 0) is 75.8 Å². The van der Waals surface area contributed by atoms with Crippen molar-refractivity contribution in [2.45, 2.75) is 24.8 Å². The van der Waals surface area contributed by atoms with E-state index in [9.17, 15) is 14.2 Å². The highest BCUT2D eigenvalue weighted by molar-refractivity contribution is 8.01.